The molecule has 1 aliphatic rings. The van der Waals surface area contributed by atoms with Crippen LogP contribution in [0.3, 0.4) is 0 Å². The lowest BCUT2D eigenvalue weighted by Gasteiger charge is -2.33. The van der Waals surface area contributed by atoms with Gasteiger partial charge in [0, 0.05) is 32.0 Å². The van der Waals surface area contributed by atoms with Crippen LogP contribution in [0, 0.1) is 5.92 Å². The maximum absolute atomic E-state index is 11.3. The highest BCUT2D eigenvalue weighted by Gasteiger charge is 2.23. The van der Waals surface area contributed by atoms with Crippen molar-refractivity contribution in [3.63, 3.8) is 0 Å². The standard InChI is InChI=1S/C14H18N6O/c1-2-12(21)16-8-11-4-3-6-19(9-11)13-14-18-17-10-20(14)7-5-15-13/h2,5,7,10-11H,1,3-4,6,8-9H2,(H,16,21)/t11-/m1/s1. The van der Waals surface area contributed by atoms with Crippen molar-refractivity contribution < 1.29 is 4.79 Å². The van der Waals surface area contributed by atoms with Crippen LogP contribution in [0.25, 0.3) is 5.65 Å². The first kappa shape index (κ1) is 13.5. The minimum Gasteiger partial charge on any atom is -0.353 e. The lowest BCUT2D eigenvalue weighted by Crippen LogP contribution is -2.41. The van der Waals surface area contributed by atoms with E-state index in [0.717, 1.165) is 37.4 Å². The first-order valence-corrected chi connectivity index (χ1v) is 7.07. The van der Waals surface area contributed by atoms with Crippen LogP contribution in [0.1, 0.15) is 12.8 Å². The molecule has 0 spiro atoms. The van der Waals surface area contributed by atoms with E-state index in [1.807, 2.05) is 10.6 Å². The molecule has 2 aromatic rings. The zero-order valence-electron chi connectivity index (χ0n) is 11.8. The maximum atomic E-state index is 11.3. The van der Waals surface area contributed by atoms with Crippen LogP contribution in [0.5, 0.6) is 0 Å². The molecule has 0 unspecified atom stereocenters. The van der Waals surface area contributed by atoms with Crippen molar-refractivity contribution in [3.05, 3.63) is 31.4 Å². The van der Waals surface area contributed by atoms with Gasteiger partial charge in [-0.15, -0.1) is 10.2 Å². The van der Waals surface area contributed by atoms with Gasteiger partial charge in [-0.2, -0.15) is 0 Å². The van der Waals surface area contributed by atoms with Crippen molar-refractivity contribution in [3.8, 4) is 0 Å². The van der Waals surface area contributed by atoms with Crippen molar-refractivity contribution >= 4 is 17.4 Å². The Hall–Kier alpha value is -2.44. The molecule has 0 aliphatic carbocycles. The van der Waals surface area contributed by atoms with E-state index in [-0.39, 0.29) is 5.91 Å². The molecule has 1 N–H and O–H groups in total. The monoisotopic (exact) mass is 286 g/mol. The van der Waals surface area contributed by atoms with Crippen molar-refractivity contribution in [2.75, 3.05) is 24.5 Å². The molecule has 0 bridgehead atoms. The van der Waals surface area contributed by atoms with Gasteiger partial charge in [0.1, 0.15) is 6.33 Å². The second kappa shape index (κ2) is 5.90. The maximum Gasteiger partial charge on any atom is 0.243 e. The van der Waals surface area contributed by atoms with Gasteiger partial charge in [-0.3, -0.25) is 9.20 Å². The Kier molecular flexibility index (Phi) is 3.81. The van der Waals surface area contributed by atoms with E-state index >= 15 is 0 Å². The van der Waals surface area contributed by atoms with E-state index in [4.69, 9.17) is 0 Å². The molecule has 0 radical (unpaired) electrons. The molecule has 1 amide bonds. The van der Waals surface area contributed by atoms with Crippen LogP contribution in [0.2, 0.25) is 0 Å². The van der Waals surface area contributed by atoms with Gasteiger partial charge < -0.3 is 10.2 Å². The fourth-order valence-corrected chi connectivity index (χ4v) is 2.71. The number of fused-ring (bicyclic) bond motifs is 1. The molecule has 21 heavy (non-hydrogen) atoms. The molecule has 0 aromatic carbocycles. The van der Waals surface area contributed by atoms with Crippen molar-refractivity contribution in [1.82, 2.24) is 24.9 Å². The summed E-state index contributed by atoms with van der Waals surface area (Å²) in [5.74, 6) is 1.15. The lowest BCUT2D eigenvalue weighted by atomic mass is 9.98. The van der Waals surface area contributed by atoms with Crippen molar-refractivity contribution in [2.45, 2.75) is 12.8 Å². The molecule has 0 saturated carbocycles. The Morgan fingerprint density at radius 1 is 1.57 bits per heavy atom. The smallest absolute Gasteiger partial charge is 0.243 e. The number of hydrogen-bond acceptors (Lipinski definition) is 5. The molecular weight excluding hydrogens is 268 g/mol. The predicted octanol–water partition coefficient (Wildman–Crippen LogP) is 0.643. The fraction of sp³-hybridized carbons (Fsp3) is 0.429. The molecular formula is C14H18N6O. The zero-order chi connectivity index (χ0) is 14.7. The van der Waals surface area contributed by atoms with Gasteiger partial charge in [0.05, 0.1) is 0 Å². The minimum atomic E-state index is -0.121. The second-order valence-electron chi connectivity index (χ2n) is 5.22. The van der Waals surface area contributed by atoms with E-state index in [1.54, 1.807) is 12.5 Å². The van der Waals surface area contributed by atoms with Gasteiger partial charge >= 0.3 is 0 Å². The summed E-state index contributed by atoms with van der Waals surface area (Å²) in [5, 5.41) is 10.9. The molecule has 110 valence electrons. The van der Waals surface area contributed by atoms with Gasteiger partial charge in [0.15, 0.2) is 5.82 Å². The van der Waals surface area contributed by atoms with Gasteiger partial charge in [0.25, 0.3) is 0 Å². The Balaban J connectivity index is 1.72. The molecule has 7 heteroatoms. The number of hydrogen-bond donors (Lipinski definition) is 1. The van der Waals surface area contributed by atoms with E-state index in [0.29, 0.717) is 12.5 Å². The number of piperidine rings is 1. The molecule has 1 aliphatic heterocycles. The van der Waals surface area contributed by atoms with Gasteiger partial charge in [0.2, 0.25) is 11.6 Å². The SMILES string of the molecule is C=CC(=O)NC[C@H]1CCCN(c2nccn3cnnc23)C1. The number of rotatable bonds is 4. The molecule has 1 fully saturated rings. The van der Waals surface area contributed by atoms with Crippen LogP contribution >= 0.6 is 0 Å². The first-order chi connectivity index (χ1) is 10.3. The topological polar surface area (TPSA) is 75.4 Å². The van der Waals surface area contributed by atoms with Gasteiger partial charge in [-0.25, -0.2) is 4.98 Å². The number of nitrogens with one attached hydrogen (secondary N) is 1. The summed E-state index contributed by atoms with van der Waals surface area (Å²) < 4.78 is 1.87. The number of amides is 1. The molecule has 3 rings (SSSR count). The van der Waals surface area contributed by atoms with E-state index in [2.05, 4.69) is 32.0 Å². The number of anilines is 1. The summed E-state index contributed by atoms with van der Waals surface area (Å²) in [6, 6.07) is 0. The molecule has 1 atom stereocenters. The zero-order valence-corrected chi connectivity index (χ0v) is 11.8. The molecule has 7 nitrogen and oxygen atoms in total. The number of aromatic nitrogens is 4. The third kappa shape index (κ3) is 2.86. The third-order valence-corrected chi connectivity index (χ3v) is 3.77. The van der Waals surface area contributed by atoms with Crippen LogP contribution in [0.4, 0.5) is 5.82 Å². The average molecular weight is 286 g/mol. The van der Waals surface area contributed by atoms with Crippen LogP contribution < -0.4 is 10.2 Å². The second-order valence-corrected chi connectivity index (χ2v) is 5.22. The third-order valence-electron chi connectivity index (χ3n) is 3.77. The van der Waals surface area contributed by atoms with E-state index < -0.39 is 0 Å². The molecule has 3 heterocycles. The summed E-state index contributed by atoms with van der Waals surface area (Å²) >= 11 is 0. The summed E-state index contributed by atoms with van der Waals surface area (Å²) in [7, 11) is 0. The Morgan fingerprint density at radius 3 is 3.33 bits per heavy atom. The molecule has 1 saturated heterocycles. The highest BCUT2D eigenvalue weighted by atomic mass is 16.1. The Labute approximate surface area is 122 Å². The Bertz CT molecular complexity index is 652. The average Bonchev–Trinajstić information content (AvgIpc) is 3.01. The van der Waals surface area contributed by atoms with Crippen LogP contribution in [-0.2, 0) is 4.79 Å². The van der Waals surface area contributed by atoms with Crippen LogP contribution in [0.15, 0.2) is 31.4 Å². The largest absolute Gasteiger partial charge is 0.353 e. The fourth-order valence-electron chi connectivity index (χ4n) is 2.71. The molecule has 2 aromatic heterocycles. The summed E-state index contributed by atoms with van der Waals surface area (Å²) in [5.41, 5.74) is 0.772. The van der Waals surface area contributed by atoms with Gasteiger partial charge in [-0.05, 0) is 24.8 Å². The summed E-state index contributed by atoms with van der Waals surface area (Å²) in [6.45, 7) is 5.94. The van der Waals surface area contributed by atoms with Crippen molar-refractivity contribution in [1.29, 1.82) is 0 Å². The Morgan fingerprint density at radius 2 is 2.48 bits per heavy atom. The summed E-state index contributed by atoms with van der Waals surface area (Å²) in [4.78, 5) is 17.9. The van der Waals surface area contributed by atoms with Crippen molar-refractivity contribution in [2.24, 2.45) is 5.92 Å². The summed E-state index contributed by atoms with van der Waals surface area (Å²) in [6.07, 6.45) is 8.75. The minimum absolute atomic E-state index is 0.121. The van der Waals surface area contributed by atoms with E-state index in [1.165, 1.54) is 6.08 Å². The normalized spacial score (nSPS) is 18.7. The van der Waals surface area contributed by atoms with E-state index in [9.17, 15) is 4.79 Å². The lowest BCUT2D eigenvalue weighted by molar-refractivity contribution is -0.116. The highest BCUT2D eigenvalue weighted by molar-refractivity contribution is 5.86. The van der Waals surface area contributed by atoms with Gasteiger partial charge in [-0.1, -0.05) is 6.58 Å². The predicted molar refractivity (Wildman–Crippen MR) is 78.9 cm³/mol. The number of carbonyl (C=O) groups is 1. The first-order valence-electron chi connectivity index (χ1n) is 7.07. The highest BCUT2D eigenvalue weighted by Crippen LogP contribution is 2.23. The quantitative estimate of drug-likeness (QED) is 0.835. The number of nitrogens with zero attached hydrogens (tertiary/aromatic N) is 5. The number of carbonyl (C=O) groups excluding carboxylic acids is 1. The van der Waals surface area contributed by atoms with Crippen LogP contribution in [-0.4, -0.2) is 45.1 Å².